The van der Waals surface area contributed by atoms with E-state index in [0.29, 0.717) is 6.04 Å². The number of hydrogen-bond acceptors (Lipinski definition) is 3. The first-order valence-corrected chi connectivity index (χ1v) is 10.7. The van der Waals surface area contributed by atoms with Crippen molar-refractivity contribution in [3.63, 3.8) is 0 Å². The maximum absolute atomic E-state index is 4.69. The summed E-state index contributed by atoms with van der Waals surface area (Å²) in [5, 5.41) is 3.49. The van der Waals surface area contributed by atoms with Crippen LogP contribution in [0.2, 0.25) is 0 Å². The van der Waals surface area contributed by atoms with E-state index in [1.807, 2.05) is 6.20 Å². The van der Waals surface area contributed by atoms with Crippen molar-refractivity contribution in [2.24, 2.45) is 0 Å². The minimum atomic E-state index is 0.569. The van der Waals surface area contributed by atoms with E-state index >= 15 is 0 Å². The summed E-state index contributed by atoms with van der Waals surface area (Å²) >= 11 is 0. The number of aromatic nitrogens is 1. The van der Waals surface area contributed by atoms with Crippen molar-refractivity contribution in [1.82, 2.24) is 10.3 Å². The second kappa shape index (κ2) is 8.79. The van der Waals surface area contributed by atoms with Crippen molar-refractivity contribution in [1.29, 1.82) is 0 Å². The van der Waals surface area contributed by atoms with Crippen LogP contribution in [-0.2, 0) is 6.54 Å². The van der Waals surface area contributed by atoms with Crippen molar-refractivity contribution < 1.29 is 0 Å². The van der Waals surface area contributed by atoms with Gasteiger partial charge in [0.15, 0.2) is 0 Å². The van der Waals surface area contributed by atoms with Crippen LogP contribution >= 0.6 is 0 Å². The standard InChI is InChI=1S/C26H31N3/c1-19-15-23(16-20(2)21(19)3)26-17-22(9-14-28-26)18-29(24-7-5-4-6-8-24)25-10-12-27-13-11-25/h4-9,14-17,25,27H,10-13,18H2,1-3H3. The van der Waals surface area contributed by atoms with E-state index in [1.165, 1.54) is 46.3 Å². The third-order valence-corrected chi connectivity index (χ3v) is 6.24. The largest absolute Gasteiger partial charge is 0.364 e. The fourth-order valence-corrected chi connectivity index (χ4v) is 4.28. The van der Waals surface area contributed by atoms with Crippen molar-refractivity contribution in [2.45, 2.75) is 46.2 Å². The first-order valence-electron chi connectivity index (χ1n) is 10.7. The Morgan fingerprint density at radius 2 is 1.62 bits per heavy atom. The van der Waals surface area contributed by atoms with Crippen LogP contribution in [0.1, 0.15) is 35.1 Å². The topological polar surface area (TPSA) is 28.2 Å². The monoisotopic (exact) mass is 385 g/mol. The molecule has 0 unspecified atom stereocenters. The molecular weight excluding hydrogens is 354 g/mol. The molecule has 0 amide bonds. The summed E-state index contributed by atoms with van der Waals surface area (Å²) in [5.74, 6) is 0. The number of aryl methyl sites for hydroxylation is 2. The highest BCUT2D eigenvalue weighted by molar-refractivity contribution is 5.63. The molecule has 0 spiro atoms. The Morgan fingerprint density at radius 1 is 0.931 bits per heavy atom. The van der Waals surface area contributed by atoms with Gasteiger partial charge in [0, 0.05) is 30.0 Å². The molecule has 1 saturated heterocycles. The summed E-state index contributed by atoms with van der Waals surface area (Å²) in [7, 11) is 0. The highest BCUT2D eigenvalue weighted by Crippen LogP contribution is 2.27. The second-order valence-electron chi connectivity index (χ2n) is 8.23. The number of piperidine rings is 1. The zero-order chi connectivity index (χ0) is 20.2. The summed E-state index contributed by atoms with van der Waals surface area (Å²) < 4.78 is 0. The summed E-state index contributed by atoms with van der Waals surface area (Å²) in [4.78, 5) is 7.26. The maximum atomic E-state index is 4.69. The lowest BCUT2D eigenvalue weighted by Crippen LogP contribution is -2.43. The van der Waals surface area contributed by atoms with Crippen molar-refractivity contribution in [3.05, 3.63) is 83.0 Å². The second-order valence-corrected chi connectivity index (χ2v) is 8.23. The van der Waals surface area contributed by atoms with Crippen LogP contribution in [0.3, 0.4) is 0 Å². The molecule has 1 aromatic heterocycles. The fraction of sp³-hybridized carbons (Fsp3) is 0.346. The Balaban J connectivity index is 1.64. The number of benzene rings is 2. The van der Waals surface area contributed by atoms with Gasteiger partial charge in [-0.25, -0.2) is 0 Å². The zero-order valence-corrected chi connectivity index (χ0v) is 17.8. The highest BCUT2D eigenvalue weighted by atomic mass is 15.2. The summed E-state index contributed by atoms with van der Waals surface area (Å²) in [5.41, 5.74) is 8.91. The number of anilines is 1. The van der Waals surface area contributed by atoms with E-state index in [1.54, 1.807) is 0 Å². The lowest BCUT2D eigenvalue weighted by atomic mass is 9.98. The zero-order valence-electron chi connectivity index (χ0n) is 17.8. The smallest absolute Gasteiger partial charge is 0.0705 e. The van der Waals surface area contributed by atoms with Crippen molar-refractivity contribution in [2.75, 3.05) is 18.0 Å². The van der Waals surface area contributed by atoms with Gasteiger partial charge in [0.25, 0.3) is 0 Å². The van der Waals surface area contributed by atoms with E-state index in [2.05, 4.69) is 90.6 Å². The van der Waals surface area contributed by atoms with Crippen LogP contribution < -0.4 is 10.2 Å². The Labute approximate surface area is 174 Å². The number of para-hydroxylation sites is 1. The molecule has 1 aliphatic rings. The lowest BCUT2D eigenvalue weighted by Gasteiger charge is -2.36. The maximum Gasteiger partial charge on any atom is 0.0705 e. The van der Waals surface area contributed by atoms with Crippen molar-refractivity contribution in [3.8, 4) is 11.3 Å². The van der Waals surface area contributed by atoms with Gasteiger partial charge in [-0.15, -0.1) is 0 Å². The van der Waals surface area contributed by atoms with Gasteiger partial charge in [0.05, 0.1) is 5.69 Å². The molecule has 29 heavy (non-hydrogen) atoms. The average Bonchev–Trinajstić information content (AvgIpc) is 2.77. The van der Waals surface area contributed by atoms with E-state index in [9.17, 15) is 0 Å². The molecule has 4 rings (SSSR count). The normalized spacial score (nSPS) is 14.7. The summed E-state index contributed by atoms with van der Waals surface area (Å²) in [6, 6.07) is 20.4. The van der Waals surface area contributed by atoms with Crippen LogP contribution in [0.25, 0.3) is 11.3 Å². The lowest BCUT2D eigenvalue weighted by molar-refractivity contribution is 0.428. The number of rotatable bonds is 5. The third kappa shape index (κ3) is 4.51. The van der Waals surface area contributed by atoms with Gasteiger partial charge in [0.2, 0.25) is 0 Å². The molecule has 0 aliphatic carbocycles. The number of nitrogens with one attached hydrogen (secondary N) is 1. The number of hydrogen-bond donors (Lipinski definition) is 1. The van der Waals surface area contributed by atoms with Crippen LogP contribution in [0.4, 0.5) is 5.69 Å². The van der Waals surface area contributed by atoms with Crippen LogP contribution in [0, 0.1) is 20.8 Å². The van der Waals surface area contributed by atoms with Gasteiger partial charge in [-0.05, 0) is 105 Å². The molecule has 1 N–H and O–H groups in total. The summed E-state index contributed by atoms with van der Waals surface area (Å²) in [6.07, 6.45) is 4.33. The predicted octanol–water partition coefficient (Wildman–Crippen LogP) is 5.43. The summed E-state index contributed by atoms with van der Waals surface area (Å²) in [6.45, 7) is 9.66. The molecule has 1 aliphatic heterocycles. The van der Waals surface area contributed by atoms with Crippen molar-refractivity contribution >= 4 is 5.69 Å². The van der Waals surface area contributed by atoms with Crippen LogP contribution in [0.15, 0.2) is 60.8 Å². The minimum absolute atomic E-state index is 0.569. The Morgan fingerprint density at radius 3 is 2.31 bits per heavy atom. The molecule has 3 nitrogen and oxygen atoms in total. The Kier molecular flexibility index (Phi) is 5.96. The Hall–Kier alpha value is -2.65. The van der Waals surface area contributed by atoms with Gasteiger partial charge in [-0.1, -0.05) is 18.2 Å². The highest BCUT2D eigenvalue weighted by Gasteiger charge is 2.21. The fourth-order valence-electron chi connectivity index (χ4n) is 4.28. The molecule has 3 aromatic rings. The van der Waals surface area contributed by atoms with Crippen LogP contribution in [0.5, 0.6) is 0 Å². The Bertz CT molecular complexity index is 936. The molecule has 150 valence electrons. The molecule has 0 bridgehead atoms. The molecule has 2 heterocycles. The van der Waals surface area contributed by atoms with Crippen LogP contribution in [-0.4, -0.2) is 24.1 Å². The molecule has 0 radical (unpaired) electrons. The molecule has 0 saturated carbocycles. The first-order chi connectivity index (χ1) is 14.1. The minimum Gasteiger partial charge on any atom is -0.364 e. The van der Waals surface area contributed by atoms with Gasteiger partial charge >= 0.3 is 0 Å². The molecular formula is C26H31N3. The van der Waals surface area contributed by atoms with E-state index in [0.717, 1.165) is 25.3 Å². The average molecular weight is 386 g/mol. The van der Waals surface area contributed by atoms with Gasteiger partial charge < -0.3 is 10.2 Å². The third-order valence-electron chi connectivity index (χ3n) is 6.24. The molecule has 2 aromatic carbocycles. The first kappa shape index (κ1) is 19.7. The number of pyridine rings is 1. The molecule has 3 heteroatoms. The number of nitrogens with zero attached hydrogens (tertiary/aromatic N) is 2. The molecule has 1 fully saturated rings. The van der Waals surface area contributed by atoms with Gasteiger partial charge in [-0.2, -0.15) is 0 Å². The molecule has 0 atom stereocenters. The predicted molar refractivity (Wildman–Crippen MR) is 122 cm³/mol. The van der Waals surface area contributed by atoms with E-state index < -0.39 is 0 Å². The van der Waals surface area contributed by atoms with Gasteiger partial charge in [-0.3, -0.25) is 4.98 Å². The SMILES string of the molecule is Cc1cc(-c2cc(CN(c3ccccc3)C3CCNCC3)ccn2)cc(C)c1C. The quantitative estimate of drug-likeness (QED) is 0.634. The van der Waals surface area contributed by atoms with E-state index in [4.69, 9.17) is 0 Å². The van der Waals surface area contributed by atoms with E-state index in [-0.39, 0.29) is 0 Å². The van der Waals surface area contributed by atoms with Gasteiger partial charge in [0.1, 0.15) is 0 Å².